The van der Waals surface area contributed by atoms with Crippen LogP contribution in [0.1, 0.15) is 0 Å². The highest BCUT2D eigenvalue weighted by molar-refractivity contribution is 7.99. The van der Waals surface area contributed by atoms with Crippen LogP contribution in [0, 0.1) is 0 Å². The molecule has 20 heavy (non-hydrogen) atoms. The van der Waals surface area contributed by atoms with Crippen molar-refractivity contribution in [3.8, 4) is 0 Å². The average Bonchev–Trinajstić information content (AvgIpc) is 2.47. The highest BCUT2D eigenvalue weighted by atomic mass is 32.2. The summed E-state index contributed by atoms with van der Waals surface area (Å²) in [6, 6.07) is 10.7. The van der Waals surface area contributed by atoms with Crippen LogP contribution in [-0.4, -0.2) is 80.4 Å². The number of likely N-dealkylation sites (N-methyl/N-ethyl adjacent to an activating group) is 1. The fourth-order valence-electron chi connectivity index (χ4n) is 2.39. The molecule has 0 aliphatic carbocycles. The summed E-state index contributed by atoms with van der Waals surface area (Å²) in [7, 11) is 4.30. The molecular weight excluding hydrogens is 266 g/mol. The van der Waals surface area contributed by atoms with E-state index in [4.69, 9.17) is 0 Å². The van der Waals surface area contributed by atoms with Gasteiger partial charge in [0.15, 0.2) is 0 Å². The quantitative estimate of drug-likeness (QED) is 0.711. The van der Waals surface area contributed by atoms with Crippen LogP contribution in [0.4, 0.5) is 0 Å². The molecule has 1 aromatic rings. The average molecular weight is 293 g/mol. The second-order valence-electron chi connectivity index (χ2n) is 5.65. The van der Waals surface area contributed by atoms with Gasteiger partial charge in [0, 0.05) is 56.5 Å². The van der Waals surface area contributed by atoms with Gasteiger partial charge in [0.1, 0.15) is 0 Å². The molecule has 0 unspecified atom stereocenters. The van der Waals surface area contributed by atoms with Gasteiger partial charge in [0.25, 0.3) is 0 Å². The minimum Gasteiger partial charge on any atom is -0.308 e. The number of piperazine rings is 1. The fraction of sp³-hybridized carbons (Fsp3) is 0.625. The van der Waals surface area contributed by atoms with Gasteiger partial charge in [-0.05, 0) is 26.2 Å². The molecule has 1 aromatic carbocycles. The number of rotatable bonds is 7. The Morgan fingerprint density at radius 1 is 0.950 bits per heavy atom. The van der Waals surface area contributed by atoms with Crippen LogP contribution in [-0.2, 0) is 0 Å². The zero-order chi connectivity index (χ0) is 14.2. The van der Waals surface area contributed by atoms with Crippen molar-refractivity contribution in [1.29, 1.82) is 0 Å². The number of thioether (sulfide) groups is 1. The maximum Gasteiger partial charge on any atom is 0.0110 e. The Labute approximate surface area is 127 Å². The van der Waals surface area contributed by atoms with E-state index in [1.165, 1.54) is 56.5 Å². The predicted molar refractivity (Wildman–Crippen MR) is 88.6 cm³/mol. The van der Waals surface area contributed by atoms with Crippen molar-refractivity contribution in [2.75, 3.05) is 65.7 Å². The van der Waals surface area contributed by atoms with Crippen molar-refractivity contribution in [3.63, 3.8) is 0 Å². The predicted octanol–water partition coefficient (Wildman–Crippen LogP) is 1.96. The highest BCUT2D eigenvalue weighted by Gasteiger charge is 2.16. The van der Waals surface area contributed by atoms with Crippen molar-refractivity contribution >= 4 is 11.8 Å². The standard InChI is InChI=1S/C16H27N3S/c1-17(2)8-9-18-10-12-19(13-11-18)14-15-20-16-6-4-3-5-7-16/h3-7H,8-15H2,1-2H3. The zero-order valence-electron chi connectivity index (χ0n) is 12.8. The Bertz CT molecular complexity index is 361. The van der Waals surface area contributed by atoms with Gasteiger partial charge in [-0.3, -0.25) is 9.80 Å². The number of hydrogen-bond acceptors (Lipinski definition) is 4. The van der Waals surface area contributed by atoms with Gasteiger partial charge in [-0.25, -0.2) is 0 Å². The molecule has 0 N–H and O–H groups in total. The van der Waals surface area contributed by atoms with Crippen LogP contribution >= 0.6 is 11.8 Å². The first-order valence-electron chi connectivity index (χ1n) is 7.51. The van der Waals surface area contributed by atoms with Gasteiger partial charge in [0.05, 0.1) is 0 Å². The molecule has 1 aliphatic heterocycles. The molecule has 3 nitrogen and oxygen atoms in total. The lowest BCUT2D eigenvalue weighted by Gasteiger charge is -2.35. The molecule has 4 heteroatoms. The number of hydrogen-bond donors (Lipinski definition) is 0. The lowest BCUT2D eigenvalue weighted by molar-refractivity contribution is 0.130. The molecule has 0 aromatic heterocycles. The first-order valence-corrected chi connectivity index (χ1v) is 8.50. The third-order valence-electron chi connectivity index (χ3n) is 3.75. The summed E-state index contributed by atoms with van der Waals surface area (Å²) in [5, 5.41) is 0. The molecule has 1 aliphatic rings. The Morgan fingerprint density at radius 3 is 2.15 bits per heavy atom. The molecule has 2 rings (SSSR count). The van der Waals surface area contributed by atoms with Crippen LogP contribution in [0.25, 0.3) is 0 Å². The minimum absolute atomic E-state index is 1.17. The van der Waals surface area contributed by atoms with Gasteiger partial charge in [-0.2, -0.15) is 0 Å². The third kappa shape index (κ3) is 5.83. The Morgan fingerprint density at radius 2 is 1.55 bits per heavy atom. The summed E-state index contributed by atoms with van der Waals surface area (Å²) in [6.45, 7) is 8.49. The second-order valence-corrected chi connectivity index (χ2v) is 6.82. The topological polar surface area (TPSA) is 9.72 Å². The smallest absolute Gasteiger partial charge is 0.0110 e. The van der Waals surface area contributed by atoms with Gasteiger partial charge < -0.3 is 4.90 Å². The van der Waals surface area contributed by atoms with Crippen molar-refractivity contribution in [3.05, 3.63) is 30.3 Å². The summed E-state index contributed by atoms with van der Waals surface area (Å²) in [5.41, 5.74) is 0. The molecule has 1 saturated heterocycles. The van der Waals surface area contributed by atoms with E-state index in [2.05, 4.69) is 59.1 Å². The Kier molecular flexibility index (Phi) is 6.87. The largest absolute Gasteiger partial charge is 0.308 e. The molecule has 0 amide bonds. The summed E-state index contributed by atoms with van der Waals surface area (Å²) < 4.78 is 0. The summed E-state index contributed by atoms with van der Waals surface area (Å²) in [6.07, 6.45) is 0. The molecule has 1 fully saturated rings. The second kappa shape index (κ2) is 8.67. The van der Waals surface area contributed by atoms with E-state index >= 15 is 0 Å². The van der Waals surface area contributed by atoms with E-state index in [1.807, 2.05) is 11.8 Å². The summed E-state index contributed by atoms with van der Waals surface area (Å²) in [5.74, 6) is 1.20. The molecule has 1 heterocycles. The SMILES string of the molecule is CN(C)CCN1CCN(CCSc2ccccc2)CC1. The maximum atomic E-state index is 2.60. The minimum atomic E-state index is 1.17. The van der Waals surface area contributed by atoms with Crippen LogP contribution < -0.4 is 0 Å². The zero-order valence-corrected chi connectivity index (χ0v) is 13.6. The lowest BCUT2D eigenvalue weighted by atomic mass is 10.3. The third-order valence-corrected chi connectivity index (χ3v) is 4.74. The summed E-state index contributed by atoms with van der Waals surface area (Å²) >= 11 is 1.97. The van der Waals surface area contributed by atoms with Gasteiger partial charge >= 0.3 is 0 Å². The van der Waals surface area contributed by atoms with E-state index < -0.39 is 0 Å². The van der Waals surface area contributed by atoms with Gasteiger partial charge in [-0.1, -0.05) is 18.2 Å². The maximum absolute atomic E-state index is 2.60. The lowest BCUT2D eigenvalue weighted by Crippen LogP contribution is -2.48. The van der Waals surface area contributed by atoms with Crippen LogP contribution in [0.2, 0.25) is 0 Å². The molecule has 112 valence electrons. The van der Waals surface area contributed by atoms with E-state index in [0.717, 1.165) is 0 Å². The van der Waals surface area contributed by atoms with Crippen LogP contribution in [0.3, 0.4) is 0 Å². The van der Waals surface area contributed by atoms with E-state index in [-0.39, 0.29) is 0 Å². The first kappa shape index (κ1) is 15.8. The van der Waals surface area contributed by atoms with Crippen molar-refractivity contribution in [1.82, 2.24) is 14.7 Å². The van der Waals surface area contributed by atoms with Gasteiger partial charge in [0.2, 0.25) is 0 Å². The van der Waals surface area contributed by atoms with Crippen molar-refractivity contribution in [2.45, 2.75) is 4.90 Å². The Hall–Kier alpha value is -0.550. The van der Waals surface area contributed by atoms with E-state index in [9.17, 15) is 0 Å². The highest BCUT2D eigenvalue weighted by Crippen LogP contribution is 2.17. The molecule has 0 atom stereocenters. The Balaban J connectivity index is 1.58. The van der Waals surface area contributed by atoms with Crippen LogP contribution in [0.15, 0.2) is 35.2 Å². The van der Waals surface area contributed by atoms with E-state index in [0.29, 0.717) is 0 Å². The number of nitrogens with zero attached hydrogens (tertiary/aromatic N) is 3. The monoisotopic (exact) mass is 293 g/mol. The van der Waals surface area contributed by atoms with E-state index in [1.54, 1.807) is 0 Å². The normalized spacial score (nSPS) is 17.8. The first-order chi connectivity index (χ1) is 9.74. The van der Waals surface area contributed by atoms with Gasteiger partial charge in [-0.15, -0.1) is 11.8 Å². The molecule has 0 bridgehead atoms. The molecule has 0 radical (unpaired) electrons. The molecule has 0 spiro atoms. The molecular formula is C16H27N3S. The van der Waals surface area contributed by atoms with Crippen LogP contribution in [0.5, 0.6) is 0 Å². The van der Waals surface area contributed by atoms with Crippen molar-refractivity contribution < 1.29 is 0 Å². The fourth-order valence-corrected chi connectivity index (χ4v) is 3.32. The van der Waals surface area contributed by atoms with Crippen molar-refractivity contribution in [2.24, 2.45) is 0 Å². The summed E-state index contributed by atoms with van der Waals surface area (Å²) in [4.78, 5) is 8.84. The number of benzene rings is 1. The molecule has 0 saturated carbocycles.